The number of hydrogen-bond acceptors (Lipinski definition) is 7. The van der Waals surface area contributed by atoms with E-state index < -0.39 is 6.09 Å². The van der Waals surface area contributed by atoms with Gasteiger partial charge in [0.05, 0.1) is 53.0 Å². The summed E-state index contributed by atoms with van der Waals surface area (Å²) in [6, 6.07) is 10.6. The molecule has 2 N–H and O–H groups in total. The van der Waals surface area contributed by atoms with E-state index in [1.54, 1.807) is 16.9 Å². The summed E-state index contributed by atoms with van der Waals surface area (Å²) < 4.78 is 3.90. The zero-order valence-electron chi connectivity index (χ0n) is 23.8. The fourth-order valence-electron chi connectivity index (χ4n) is 6.50. The van der Waals surface area contributed by atoms with Crippen molar-refractivity contribution in [1.82, 2.24) is 34.2 Å². The minimum Gasteiger partial charge on any atom is -0.465 e. The number of hydrogen-bond donors (Lipinski definition) is 2. The Morgan fingerprint density at radius 2 is 2.00 bits per heavy atom. The zero-order valence-corrected chi connectivity index (χ0v) is 23.8. The molecule has 2 aliphatic rings. The molecule has 2 unspecified atom stereocenters. The van der Waals surface area contributed by atoms with E-state index in [4.69, 9.17) is 5.10 Å². The molecule has 0 saturated carbocycles. The molecule has 0 aromatic carbocycles. The van der Waals surface area contributed by atoms with Gasteiger partial charge >= 0.3 is 6.09 Å². The van der Waals surface area contributed by atoms with Crippen LogP contribution in [0.25, 0.3) is 16.6 Å². The molecule has 4 aromatic heterocycles. The number of pyridine rings is 2. The van der Waals surface area contributed by atoms with Crippen LogP contribution in [-0.2, 0) is 0 Å². The maximum absolute atomic E-state index is 11.5. The summed E-state index contributed by atoms with van der Waals surface area (Å²) in [5.41, 5.74) is 5.66. The second kappa shape index (κ2) is 10.2. The van der Waals surface area contributed by atoms with Gasteiger partial charge in [-0.15, -0.1) is 0 Å². The van der Waals surface area contributed by atoms with Crippen molar-refractivity contribution >= 4 is 17.3 Å². The topological polar surface area (TPSA) is 128 Å². The van der Waals surface area contributed by atoms with Crippen LogP contribution in [0.4, 0.5) is 10.5 Å². The Hall–Kier alpha value is -4.43. The number of amides is 1. The standard InChI is InChI=1S/C30H35N9O2/c1-19(25-7-5-6-10-32-25)35-26-13-21(17-38-28(26)22(14-31)15-33-38)24-16-34-39(20(24)2)23-8-11-36(12-9-23)27-18-37(29(40)41)30(27,3)4/h5-7,10,13,15-17,19,23,27,35H,8-9,11-12,18H2,1-4H3,(H,40,41). The molecule has 11 heteroatoms. The molecule has 2 saturated heterocycles. The molecule has 0 spiro atoms. The largest absolute Gasteiger partial charge is 0.465 e. The van der Waals surface area contributed by atoms with Gasteiger partial charge in [0, 0.05) is 48.8 Å². The van der Waals surface area contributed by atoms with Gasteiger partial charge in [-0.25, -0.2) is 9.31 Å². The van der Waals surface area contributed by atoms with Gasteiger partial charge in [0.2, 0.25) is 0 Å². The van der Waals surface area contributed by atoms with E-state index in [9.17, 15) is 15.2 Å². The number of fused-ring (bicyclic) bond motifs is 1. The van der Waals surface area contributed by atoms with Crippen LogP contribution in [0.3, 0.4) is 0 Å². The van der Waals surface area contributed by atoms with Crippen LogP contribution >= 0.6 is 0 Å². The van der Waals surface area contributed by atoms with Crippen molar-refractivity contribution < 1.29 is 9.90 Å². The van der Waals surface area contributed by atoms with E-state index in [2.05, 4.69) is 44.0 Å². The fourth-order valence-corrected chi connectivity index (χ4v) is 6.50. The predicted molar refractivity (Wildman–Crippen MR) is 155 cm³/mol. The van der Waals surface area contributed by atoms with Crippen molar-refractivity contribution in [2.45, 2.75) is 64.2 Å². The highest BCUT2D eigenvalue weighted by molar-refractivity contribution is 5.83. The number of nitrogens with zero attached hydrogens (tertiary/aromatic N) is 8. The summed E-state index contributed by atoms with van der Waals surface area (Å²) in [4.78, 5) is 20.0. The average molecular weight is 554 g/mol. The number of carboxylic acid groups (broad SMARTS) is 1. The Balaban J connectivity index is 1.24. The molecule has 11 nitrogen and oxygen atoms in total. The van der Waals surface area contributed by atoms with E-state index in [1.165, 1.54) is 4.90 Å². The maximum atomic E-state index is 11.5. The first-order valence-corrected chi connectivity index (χ1v) is 14.1. The highest BCUT2D eigenvalue weighted by atomic mass is 16.4. The molecule has 2 aliphatic heterocycles. The van der Waals surface area contributed by atoms with Gasteiger partial charge in [-0.1, -0.05) is 6.07 Å². The van der Waals surface area contributed by atoms with Crippen LogP contribution in [0.5, 0.6) is 0 Å². The molecular weight excluding hydrogens is 518 g/mol. The number of carbonyl (C=O) groups is 1. The van der Waals surface area contributed by atoms with Crippen LogP contribution in [0.15, 0.2) is 49.1 Å². The van der Waals surface area contributed by atoms with Crippen molar-refractivity contribution in [3.63, 3.8) is 0 Å². The van der Waals surface area contributed by atoms with Crippen molar-refractivity contribution in [2.75, 3.05) is 25.0 Å². The zero-order chi connectivity index (χ0) is 28.9. The van der Waals surface area contributed by atoms with Crippen LogP contribution in [0.2, 0.25) is 0 Å². The number of rotatable bonds is 6. The number of aromatic nitrogens is 5. The quantitative estimate of drug-likeness (QED) is 0.351. The van der Waals surface area contributed by atoms with Gasteiger partial charge in [0.25, 0.3) is 0 Å². The Morgan fingerprint density at radius 1 is 1.22 bits per heavy atom. The van der Waals surface area contributed by atoms with Gasteiger partial charge in [-0.05, 0) is 58.7 Å². The number of nitrogens with one attached hydrogen (secondary N) is 1. The van der Waals surface area contributed by atoms with E-state index in [-0.39, 0.29) is 23.7 Å². The predicted octanol–water partition coefficient (Wildman–Crippen LogP) is 4.72. The molecule has 0 aliphatic carbocycles. The summed E-state index contributed by atoms with van der Waals surface area (Å²) in [5.74, 6) is 0. The molecule has 0 bridgehead atoms. The normalized spacial score (nSPS) is 20.0. The lowest BCUT2D eigenvalue weighted by Gasteiger charge is -2.58. The molecule has 212 valence electrons. The molecule has 2 atom stereocenters. The van der Waals surface area contributed by atoms with Crippen molar-refractivity contribution in [1.29, 1.82) is 5.26 Å². The van der Waals surface area contributed by atoms with Crippen LogP contribution in [0, 0.1) is 18.3 Å². The number of nitriles is 1. The molecule has 2 fully saturated rings. The Bertz CT molecular complexity index is 1630. The lowest BCUT2D eigenvalue weighted by molar-refractivity contribution is -0.0767. The van der Waals surface area contributed by atoms with Gasteiger partial charge in [0.1, 0.15) is 11.6 Å². The molecule has 6 heterocycles. The van der Waals surface area contributed by atoms with E-state index in [1.807, 2.05) is 51.4 Å². The SMILES string of the molecule is Cc1c(-c2cc(NC(C)c3ccccn3)c3c(C#N)cnn3c2)cnn1C1CCN(C2CN(C(=O)O)C2(C)C)CC1. The summed E-state index contributed by atoms with van der Waals surface area (Å²) in [5, 5.41) is 32.0. The molecule has 41 heavy (non-hydrogen) atoms. The lowest BCUT2D eigenvalue weighted by atomic mass is 9.81. The van der Waals surface area contributed by atoms with E-state index >= 15 is 0 Å². The lowest BCUT2D eigenvalue weighted by Crippen LogP contribution is -2.74. The second-order valence-corrected chi connectivity index (χ2v) is 11.6. The first-order valence-electron chi connectivity index (χ1n) is 14.1. The third-order valence-electron chi connectivity index (χ3n) is 8.97. The van der Waals surface area contributed by atoms with Crippen LogP contribution < -0.4 is 5.32 Å². The number of anilines is 1. The highest BCUT2D eigenvalue weighted by Crippen LogP contribution is 2.38. The monoisotopic (exact) mass is 553 g/mol. The molecule has 1 amide bonds. The van der Waals surface area contributed by atoms with Gasteiger partial charge < -0.3 is 10.4 Å². The highest BCUT2D eigenvalue weighted by Gasteiger charge is 2.52. The smallest absolute Gasteiger partial charge is 0.407 e. The van der Waals surface area contributed by atoms with Crippen molar-refractivity contribution in [3.8, 4) is 17.2 Å². The summed E-state index contributed by atoms with van der Waals surface area (Å²) >= 11 is 0. The average Bonchev–Trinajstić information content (AvgIpc) is 3.56. The maximum Gasteiger partial charge on any atom is 0.407 e. The minimum atomic E-state index is -0.845. The Kier molecular flexibility index (Phi) is 6.66. The molecular formula is C30H35N9O2. The van der Waals surface area contributed by atoms with E-state index in [0.29, 0.717) is 12.1 Å². The summed E-state index contributed by atoms with van der Waals surface area (Å²) in [7, 11) is 0. The first-order chi connectivity index (χ1) is 19.7. The minimum absolute atomic E-state index is 0.0751. The Morgan fingerprint density at radius 3 is 2.66 bits per heavy atom. The van der Waals surface area contributed by atoms with Crippen molar-refractivity contribution in [3.05, 3.63) is 66.0 Å². The molecule has 0 radical (unpaired) electrons. The molecule has 4 aromatic rings. The third-order valence-corrected chi connectivity index (χ3v) is 8.97. The summed E-state index contributed by atoms with van der Waals surface area (Å²) in [6.45, 7) is 10.6. The van der Waals surface area contributed by atoms with E-state index in [0.717, 1.165) is 59.7 Å². The van der Waals surface area contributed by atoms with Gasteiger partial charge in [0.15, 0.2) is 0 Å². The fraction of sp³-hybridized carbons (Fsp3) is 0.433. The van der Waals surface area contributed by atoms with Gasteiger partial charge in [-0.3, -0.25) is 19.5 Å². The van der Waals surface area contributed by atoms with Gasteiger partial charge in [-0.2, -0.15) is 15.5 Å². The number of piperidine rings is 1. The third kappa shape index (κ3) is 4.58. The summed E-state index contributed by atoms with van der Waals surface area (Å²) in [6.07, 6.45) is 8.32. The van der Waals surface area contributed by atoms with Crippen molar-refractivity contribution in [2.24, 2.45) is 0 Å². The molecule has 6 rings (SSSR count). The number of likely N-dealkylation sites (tertiary alicyclic amines) is 2. The van der Waals surface area contributed by atoms with Crippen LogP contribution in [-0.4, -0.2) is 76.6 Å². The van der Waals surface area contributed by atoms with Crippen LogP contribution in [0.1, 0.15) is 62.6 Å². The second-order valence-electron chi connectivity index (χ2n) is 11.6. The Labute approximate surface area is 239 Å². The first kappa shape index (κ1) is 26.8.